The van der Waals surface area contributed by atoms with E-state index in [4.69, 9.17) is 4.74 Å². The third-order valence-electron chi connectivity index (χ3n) is 3.91. The topological polar surface area (TPSA) is 49.1 Å². The van der Waals surface area contributed by atoms with Crippen molar-refractivity contribution < 1.29 is 4.74 Å². The number of hydrogen-bond donors (Lipinski definition) is 0. The number of rotatable bonds is 2. The van der Waals surface area contributed by atoms with Crippen LogP contribution in [0.1, 0.15) is 36.7 Å². The second kappa shape index (κ2) is 5.18. The summed E-state index contributed by atoms with van der Waals surface area (Å²) in [5, 5.41) is 9.36. The van der Waals surface area contributed by atoms with Crippen molar-refractivity contribution in [3.63, 3.8) is 0 Å². The molecule has 19 heavy (non-hydrogen) atoms. The first kappa shape index (κ1) is 13.8. The smallest absolute Gasteiger partial charge is 0.103 e. The summed E-state index contributed by atoms with van der Waals surface area (Å²) in [6.45, 7) is 7.79. The highest BCUT2D eigenvalue weighted by atomic mass is 16.5. The normalized spacial score (nSPS) is 23.2. The van der Waals surface area contributed by atoms with Crippen molar-refractivity contribution in [2.45, 2.75) is 39.2 Å². The molecule has 4 heteroatoms. The fourth-order valence-electron chi connectivity index (χ4n) is 2.77. The maximum Gasteiger partial charge on any atom is 0.103 e. The first-order valence-corrected chi connectivity index (χ1v) is 6.67. The van der Waals surface area contributed by atoms with Crippen LogP contribution in [-0.4, -0.2) is 30.8 Å². The number of pyridine rings is 1. The lowest BCUT2D eigenvalue weighted by Crippen LogP contribution is -2.47. The van der Waals surface area contributed by atoms with Gasteiger partial charge in [-0.25, -0.2) is 0 Å². The average Bonchev–Trinajstić information content (AvgIpc) is 2.38. The Morgan fingerprint density at radius 3 is 2.84 bits per heavy atom. The molecule has 0 bridgehead atoms. The second-order valence-corrected chi connectivity index (χ2v) is 5.53. The molecule has 0 N–H and O–H groups in total. The van der Waals surface area contributed by atoms with Gasteiger partial charge in [0.05, 0.1) is 22.5 Å². The van der Waals surface area contributed by atoms with Gasteiger partial charge in [0.25, 0.3) is 0 Å². The van der Waals surface area contributed by atoms with Gasteiger partial charge in [0.15, 0.2) is 0 Å². The summed E-state index contributed by atoms with van der Waals surface area (Å²) in [4.78, 5) is 6.63. The Morgan fingerprint density at radius 1 is 1.47 bits per heavy atom. The van der Waals surface area contributed by atoms with E-state index in [-0.39, 0.29) is 5.60 Å². The number of ether oxygens (including phenoxy) is 1. The van der Waals surface area contributed by atoms with E-state index in [0.29, 0.717) is 5.56 Å². The summed E-state index contributed by atoms with van der Waals surface area (Å²) in [6.07, 6.45) is 2.14. The summed E-state index contributed by atoms with van der Waals surface area (Å²) in [5.74, 6) is 0. The Hall–Kier alpha value is -1.60. The molecule has 0 aliphatic carbocycles. The largest absolute Gasteiger partial charge is 0.377 e. The molecule has 1 aliphatic heterocycles. The van der Waals surface area contributed by atoms with Gasteiger partial charge in [0, 0.05) is 25.9 Å². The van der Waals surface area contributed by atoms with E-state index >= 15 is 0 Å². The maximum absolute atomic E-state index is 9.36. The monoisotopic (exact) mass is 259 g/mol. The van der Waals surface area contributed by atoms with Gasteiger partial charge in [-0.05, 0) is 39.7 Å². The molecule has 0 amide bonds. The molecule has 2 heterocycles. The van der Waals surface area contributed by atoms with Gasteiger partial charge < -0.3 is 9.64 Å². The molecule has 1 aliphatic rings. The number of aromatic nitrogens is 1. The molecule has 0 radical (unpaired) electrons. The van der Waals surface area contributed by atoms with Crippen molar-refractivity contribution >= 4 is 5.69 Å². The average molecular weight is 259 g/mol. The van der Waals surface area contributed by atoms with Crippen LogP contribution in [0.3, 0.4) is 0 Å². The number of aryl methyl sites for hydroxylation is 2. The van der Waals surface area contributed by atoms with Crippen LogP contribution in [0.2, 0.25) is 0 Å². The fraction of sp³-hybridized carbons (Fsp3) is 0.600. The molecule has 4 nitrogen and oxygen atoms in total. The van der Waals surface area contributed by atoms with Crippen molar-refractivity contribution in [3.8, 4) is 6.07 Å². The number of methoxy groups -OCH3 is 1. The molecule has 0 saturated carbocycles. The third-order valence-corrected chi connectivity index (χ3v) is 3.91. The van der Waals surface area contributed by atoms with Crippen LogP contribution in [0.25, 0.3) is 0 Å². The molecule has 1 aromatic rings. The number of hydrogen-bond acceptors (Lipinski definition) is 4. The SMILES string of the molecule is COC1(C)CCCN(c2cc(C)nc(C)c2C#N)C1. The summed E-state index contributed by atoms with van der Waals surface area (Å²) in [5.41, 5.74) is 3.32. The van der Waals surface area contributed by atoms with Gasteiger partial charge in [0.2, 0.25) is 0 Å². The van der Waals surface area contributed by atoms with Crippen molar-refractivity contribution in [1.82, 2.24) is 4.98 Å². The highest BCUT2D eigenvalue weighted by molar-refractivity contribution is 5.62. The van der Waals surface area contributed by atoms with Crippen molar-refractivity contribution in [2.24, 2.45) is 0 Å². The maximum atomic E-state index is 9.36. The third kappa shape index (κ3) is 2.71. The van der Waals surface area contributed by atoms with E-state index in [1.54, 1.807) is 7.11 Å². The summed E-state index contributed by atoms with van der Waals surface area (Å²) in [6, 6.07) is 4.30. The second-order valence-electron chi connectivity index (χ2n) is 5.53. The minimum Gasteiger partial charge on any atom is -0.377 e. The van der Waals surface area contributed by atoms with Gasteiger partial charge in [-0.3, -0.25) is 4.98 Å². The van der Waals surface area contributed by atoms with E-state index in [2.05, 4.69) is 22.9 Å². The molecule has 0 aromatic carbocycles. The zero-order chi connectivity index (χ0) is 14.0. The molecular formula is C15H21N3O. The molecule has 1 fully saturated rings. The van der Waals surface area contributed by atoms with Crippen LogP contribution in [-0.2, 0) is 4.74 Å². The number of nitriles is 1. The molecule has 0 spiro atoms. The fourth-order valence-corrected chi connectivity index (χ4v) is 2.77. The quantitative estimate of drug-likeness (QED) is 0.819. The van der Waals surface area contributed by atoms with E-state index < -0.39 is 0 Å². The first-order chi connectivity index (χ1) is 8.99. The zero-order valence-electron chi connectivity index (χ0n) is 12.2. The van der Waals surface area contributed by atoms with Crippen LogP contribution in [0.5, 0.6) is 0 Å². The Balaban J connectivity index is 2.39. The molecular weight excluding hydrogens is 238 g/mol. The van der Waals surface area contributed by atoms with Crippen molar-refractivity contribution in [1.29, 1.82) is 5.26 Å². The summed E-state index contributed by atoms with van der Waals surface area (Å²) < 4.78 is 5.62. The van der Waals surface area contributed by atoms with Crippen LogP contribution < -0.4 is 4.90 Å². The highest BCUT2D eigenvalue weighted by Crippen LogP contribution is 2.31. The van der Waals surface area contributed by atoms with Crippen LogP contribution >= 0.6 is 0 Å². The summed E-state index contributed by atoms with van der Waals surface area (Å²) >= 11 is 0. The lowest BCUT2D eigenvalue weighted by Gasteiger charge is -2.41. The Bertz CT molecular complexity index is 521. The minimum absolute atomic E-state index is 0.129. The van der Waals surface area contributed by atoms with E-state index in [0.717, 1.165) is 43.0 Å². The molecule has 1 atom stereocenters. The number of nitrogens with zero attached hydrogens (tertiary/aromatic N) is 3. The highest BCUT2D eigenvalue weighted by Gasteiger charge is 2.32. The predicted molar refractivity (Wildman–Crippen MR) is 75.3 cm³/mol. The predicted octanol–water partition coefficient (Wildman–Crippen LogP) is 2.58. The Morgan fingerprint density at radius 2 is 2.21 bits per heavy atom. The van der Waals surface area contributed by atoms with E-state index in [1.807, 2.05) is 19.9 Å². The van der Waals surface area contributed by atoms with Gasteiger partial charge in [0.1, 0.15) is 6.07 Å². The van der Waals surface area contributed by atoms with Crippen molar-refractivity contribution in [3.05, 3.63) is 23.0 Å². The standard InChI is InChI=1S/C15H21N3O/c1-11-8-14(13(9-16)12(2)17-11)18-7-5-6-15(3,10-18)19-4/h8H,5-7,10H2,1-4H3. The Labute approximate surface area is 115 Å². The van der Waals surface area contributed by atoms with Crippen LogP contribution in [0.15, 0.2) is 6.07 Å². The first-order valence-electron chi connectivity index (χ1n) is 6.67. The van der Waals surface area contributed by atoms with Crippen LogP contribution in [0.4, 0.5) is 5.69 Å². The summed E-state index contributed by atoms with van der Waals surface area (Å²) in [7, 11) is 1.76. The zero-order valence-corrected chi connectivity index (χ0v) is 12.2. The molecule has 102 valence electrons. The van der Waals surface area contributed by atoms with Crippen molar-refractivity contribution in [2.75, 3.05) is 25.1 Å². The van der Waals surface area contributed by atoms with E-state index in [1.165, 1.54) is 0 Å². The molecule has 1 saturated heterocycles. The minimum atomic E-state index is -0.129. The molecule has 2 rings (SSSR count). The van der Waals surface area contributed by atoms with Gasteiger partial charge in [-0.1, -0.05) is 0 Å². The van der Waals surface area contributed by atoms with Gasteiger partial charge in [-0.15, -0.1) is 0 Å². The van der Waals surface area contributed by atoms with E-state index in [9.17, 15) is 5.26 Å². The lowest BCUT2D eigenvalue weighted by molar-refractivity contribution is -0.00467. The number of piperidine rings is 1. The number of anilines is 1. The molecule has 1 aromatic heterocycles. The molecule has 1 unspecified atom stereocenters. The van der Waals surface area contributed by atoms with Crippen LogP contribution in [0, 0.1) is 25.2 Å². The Kier molecular flexibility index (Phi) is 3.77. The van der Waals surface area contributed by atoms with Gasteiger partial charge >= 0.3 is 0 Å². The lowest BCUT2D eigenvalue weighted by atomic mass is 9.93. The van der Waals surface area contributed by atoms with Gasteiger partial charge in [-0.2, -0.15) is 5.26 Å².